The molecule has 3 nitrogen and oxygen atoms in total. The first-order valence-corrected chi connectivity index (χ1v) is 3.71. The molecule has 0 heterocycles. The van der Waals surface area contributed by atoms with Gasteiger partial charge in [-0.1, -0.05) is 12.2 Å². The number of hydrogen-bond donors (Lipinski definition) is 1. The van der Waals surface area contributed by atoms with Crippen molar-refractivity contribution < 1.29 is 14.6 Å². The smallest absolute Gasteiger partial charge is 0.313 e. The molecule has 0 rings (SSSR count). The van der Waals surface area contributed by atoms with Gasteiger partial charge in [0.15, 0.2) is 0 Å². The van der Waals surface area contributed by atoms with Gasteiger partial charge < -0.3 is 9.84 Å². The summed E-state index contributed by atoms with van der Waals surface area (Å²) in [6, 6.07) is 0. The summed E-state index contributed by atoms with van der Waals surface area (Å²) < 4.78 is 4.45. The number of esters is 1. The summed E-state index contributed by atoms with van der Waals surface area (Å²) in [5, 5.41) is 8.99. The molecule has 0 bridgehead atoms. The second kappa shape index (κ2) is 4.41. The number of carbonyl (C=O) groups excluding carboxylic acids is 1. The van der Waals surface area contributed by atoms with Crippen LogP contribution in [0, 0.1) is 5.92 Å². The van der Waals surface area contributed by atoms with Crippen LogP contribution >= 0.6 is 12.2 Å². The number of aliphatic hydroxyl groups is 1. The molecule has 0 aromatic rings. The Balaban J connectivity index is 4.13. The van der Waals surface area contributed by atoms with E-state index in [9.17, 15) is 4.79 Å². The van der Waals surface area contributed by atoms with Gasteiger partial charge in [0, 0.05) is 4.86 Å². The third-order valence-corrected chi connectivity index (χ3v) is 2.09. The summed E-state index contributed by atoms with van der Waals surface area (Å²) in [5.41, 5.74) is 0. The Kier molecular flexibility index (Phi) is 4.22. The number of carbonyl (C=O) groups is 1. The first kappa shape index (κ1) is 10.5. The second-order valence-corrected chi connectivity index (χ2v) is 2.79. The van der Waals surface area contributed by atoms with Crippen molar-refractivity contribution in [2.45, 2.75) is 20.0 Å². The minimum absolute atomic E-state index is 0.317. The number of hydrogen-bond acceptors (Lipinski definition) is 4. The van der Waals surface area contributed by atoms with Crippen LogP contribution in [-0.4, -0.2) is 29.2 Å². The second-order valence-electron chi connectivity index (χ2n) is 2.32. The molecule has 64 valence electrons. The Morgan fingerprint density at radius 1 is 1.55 bits per heavy atom. The van der Waals surface area contributed by atoms with Crippen molar-refractivity contribution in [3.63, 3.8) is 0 Å². The van der Waals surface area contributed by atoms with Crippen molar-refractivity contribution in [1.82, 2.24) is 0 Å². The van der Waals surface area contributed by atoms with Gasteiger partial charge in [0.25, 0.3) is 0 Å². The van der Waals surface area contributed by atoms with Gasteiger partial charge in [0.05, 0.1) is 19.1 Å². The number of aliphatic hydroxyl groups excluding tert-OH is 1. The molecule has 0 amide bonds. The maximum absolute atomic E-state index is 10.8. The van der Waals surface area contributed by atoms with E-state index in [-0.39, 0.29) is 0 Å². The third kappa shape index (κ3) is 2.95. The summed E-state index contributed by atoms with van der Waals surface area (Å²) in [6.07, 6.45) is -0.737. The molecule has 0 saturated heterocycles. The van der Waals surface area contributed by atoms with Gasteiger partial charge in [-0.3, -0.25) is 4.79 Å². The molecule has 2 atom stereocenters. The highest BCUT2D eigenvalue weighted by Gasteiger charge is 2.21. The molecule has 1 N–H and O–H groups in total. The lowest BCUT2D eigenvalue weighted by Gasteiger charge is -2.12. The lowest BCUT2D eigenvalue weighted by molar-refractivity contribution is -0.142. The lowest BCUT2D eigenvalue weighted by atomic mass is 10.1. The predicted octanol–water partition coefficient (Wildman–Crippen LogP) is 0.546. The Morgan fingerprint density at radius 2 is 2.00 bits per heavy atom. The minimum Gasteiger partial charge on any atom is -0.469 e. The lowest BCUT2D eigenvalue weighted by Crippen LogP contribution is -2.28. The van der Waals surface area contributed by atoms with E-state index in [1.54, 1.807) is 6.92 Å². The van der Waals surface area contributed by atoms with Crippen molar-refractivity contribution in [3.05, 3.63) is 0 Å². The molecular weight excluding hydrogens is 164 g/mol. The normalized spacial score (nSPS) is 15.3. The van der Waals surface area contributed by atoms with E-state index in [1.165, 1.54) is 14.0 Å². The van der Waals surface area contributed by atoms with E-state index in [0.29, 0.717) is 4.86 Å². The molecule has 0 radical (unpaired) electrons. The molecule has 0 aromatic carbocycles. The van der Waals surface area contributed by atoms with E-state index in [1.807, 2.05) is 0 Å². The molecule has 0 aliphatic carbocycles. The van der Waals surface area contributed by atoms with Crippen LogP contribution in [0.15, 0.2) is 0 Å². The van der Waals surface area contributed by atoms with Crippen LogP contribution in [0.1, 0.15) is 13.8 Å². The van der Waals surface area contributed by atoms with E-state index in [2.05, 4.69) is 4.74 Å². The largest absolute Gasteiger partial charge is 0.469 e. The van der Waals surface area contributed by atoms with Crippen molar-refractivity contribution >= 4 is 23.1 Å². The SMILES string of the molecule is COC(=O)C(C)C(=S)C(C)O. The molecule has 0 fully saturated rings. The Hall–Kier alpha value is -0.480. The number of thiocarbonyl (C=S) groups is 1. The van der Waals surface area contributed by atoms with Crippen LogP contribution in [0.3, 0.4) is 0 Å². The summed E-state index contributed by atoms with van der Waals surface area (Å²) in [6.45, 7) is 3.14. The maximum Gasteiger partial charge on any atom is 0.313 e. The van der Waals surface area contributed by atoms with Gasteiger partial charge in [-0.2, -0.15) is 0 Å². The number of rotatable bonds is 3. The fourth-order valence-corrected chi connectivity index (χ4v) is 0.751. The molecule has 0 aliphatic heterocycles. The molecule has 0 aromatic heterocycles. The molecule has 4 heteroatoms. The van der Waals surface area contributed by atoms with Crippen LogP contribution in [0.5, 0.6) is 0 Å². The molecular formula is C7H12O3S. The summed E-state index contributed by atoms with van der Waals surface area (Å²) in [4.78, 5) is 11.2. The highest BCUT2D eigenvalue weighted by molar-refractivity contribution is 7.80. The Bertz CT molecular complexity index is 165. The Morgan fingerprint density at radius 3 is 2.27 bits per heavy atom. The van der Waals surface area contributed by atoms with Gasteiger partial charge in [-0.05, 0) is 13.8 Å². The average molecular weight is 176 g/mol. The molecule has 11 heavy (non-hydrogen) atoms. The fraction of sp³-hybridized carbons (Fsp3) is 0.714. The predicted molar refractivity (Wildman–Crippen MR) is 45.5 cm³/mol. The fourth-order valence-electron chi connectivity index (χ4n) is 0.655. The summed E-state index contributed by atoms with van der Waals surface area (Å²) in [5.74, 6) is -0.911. The van der Waals surface area contributed by atoms with Crippen LogP contribution < -0.4 is 0 Å². The van der Waals surface area contributed by atoms with E-state index >= 15 is 0 Å². The summed E-state index contributed by atoms with van der Waals surface area (Å²) in [7, 11) is 1.30. The van der Waals surface area contributed by atoms with Gasteiger partial charge in [0.1, 0.15) is 0 Å². The monoisotopic (exact) mass is 176 g/mol. The number of methoxy groups -OCH3 is 1. The van der Waals surface area contributed by atoms with Crippen molar-refractivity contribution in [3.8, 4) is 0 Å². The van der Waals surface area contributed by atoms with Crippen molar-refractivity contribution in [1.29, 1.82) is 0 Å². The maximum atomic E-state index is 10.8. The topological polar surface area (TPSA) is 46.5 Å². The third-order valence-electron chi connectivity index (χ3n) is 1.39. The Labute approximate surface area is 71.4 Å². The first-order valence-electron chi connectivity index (χ1n) is 3.30. The molecule has 2 unspecified atom stereocenters. The van der Waals surface area contributed by atoms with E-state index in [0.717, 1.165) is 0 Å². The highest BCUT2D eigenvalue weighted by Crippen LogP contribution is 2.05. The quantitative estimate of drug-likeness (QED) is 0.504. The average Bonchev–Trinajstić information content (AvgIpc) is 2.00. The zero-order valence-electron chi connectivity index (χ0n) is 6.83. The molecule has 0 saturated carbocycles. The van der Waals surface area contributed by atoms with Gasteiger partial charge in [-0.15, -0.1) is 0 Å². The van der Waals surface area contributed by atoms with Crippen LogP contribution in [0.4, 0.5) is 0 Å². The summed E-state index contributed by atoms with van der Waals surface area (Å²) >= 11 is 4.79. The van der Waals surface area contributed by atoms with Gasteiger partial charge in [0.2, 0.25) is 0 Å². The molecule has 0 aliphatic rings. The minimum atomic E-state index is -0.737. The van der Waals surface area contributed by atoms with E-state index in [4.69, 9.17) is 17.3 Å². The van der Waals surface area contributed by atoms with Gasteiger partial charge >= 0.3 is 5.97 Å². The van der Waals surface area contributed by atoms with Crippen LogP contribution in [-0.2, 0) is 9.53 Å². The highest BCUT2D eigenvalue weighted by atomic mass is 32.1. The number of ether oxygens (including phenoxy) is 1. The van der Waals surface area contributed by atoms with Gasteiger partial charge in [-0.25, -0.2) is 0 Å². The van der Waals surface area contributed by atoms with E-state index < -0.39 is 18.0 Å². The van der Waals surface area contributed by atoms with Crippen molar-refractivity contribution in [2.24, 2.45) is 5.92 Å². The molecule has 0 spiro atoms. The van der Waals surface area contributed by atoms with Crippen molar-refractivity contribution in [2.75, 3.05) is 7.11 Å². The zero-order chi connectivity index (χ0) is 9.02. The first-order chi connectivity index (χ1) is 5.00. The van der Waals surface area contributed by atoms with Crippen LogP contribution in [0.2, 0.25) is 0 Å². The van der Waals surface area contributed by atoms with Crippen LogP contribution in [0.25, 0.3) is 0 Å². The zero-order valence-corrected chi connectivity index (χ0v) is 7.64. The standard InChI is InChI=1S/C7H12O3S/c1-4(7(9)10-3)6(11)5(2)8/h4-5,8H,1-3H3.